The fourth-order valence-electron chi connectivity index (χ4n) is 1.16. The van der Waals surface area contributed by atoms with Crippen molar-refractivity contribution >= 4 is 18.0 Å². The van der Waals surface area contributed by atoms with E-state index in [0.717, 1.165) is 0 Å². The second-order valence-corrected chi connectivity index (χ2v) is 3.24. The molecule has 0 atom stereocenters. The molecule has 7 nitrogen and oxygen atoms in total. The molecule has 1 heterocycles. The predicted molar refractivity (Wildman–Crippen MR) is 62.2 cm³/mol. The summed E-state index contributed by atoms with van der Waals surface area (Å²) in [4.78, 5) is 26.2. The molecule has 0 radical (unpaired) electrons. The number of ether oxygens (including phenoxy) is 2. The lowest BCUT2D eigenvalue weighted by molar-refractivity contribution is -0.142. The fourth-order valence-corrected chi connectivity index (χ4v) is 1.16. The molecular formula is C11H16N2O5. The van der Waals surface area contributed by atoms with Crippen LogP contribution in [0.1, 0.15) is 30.8 Å². The Morgan fingerprint density at radius 2 is 2.06 bits per heavy atom. The Balaban J connectivity index is 2.35. The Bertz CT molecular complexity index is 402. The molecule has 1 rings (SSSR count). The number of rotatable bonds is 7. The van der Waals surface area contributed by atoms with Gasteiger partial charge in [0.25, 0.3) is 6.01 Å². The number of hydrogen-bond acceptors (Lipinski definition) is 7. The van der Waals surface area contributed by atoms with Gasteiger partial charge in [-0.1, -0.05) is 0 Å². The van der Waals surface area contributed by atoms with Crippen LogP contribution in [0.15, 0.2) is 10.7 Å². The third kappa shape index (κ3) is 4.44. The summed E-state index contributed by atoms with van der Waals surface area (Å²) in [5.74, 6) is -0.845. The summed E-state index contributed by atoms with van der Waals surface area (Å²) in [6.45, 7) is 4.39. The van der Waals surface area contributed by atoms with Crippen molar-refractivity contribution in [3.8, 4) is 0 Å². The molecule has 0 aliphatic heterocycles. The number of anilines is 1. The monoisotopic (exact) mass is 256 g/mol. The van der Waals surface area contributed by atoms with Crippen molar-refractivity contribution < 1.29 is 23.5 Å². The third-order valence-electron chi connectivity index (χ3n) is 1.90. The second kappa shape index (κ2) is 7.31. The number of oxazole rings is 1. The maximum atomic E-state index is 11.3. The summed E-state index contributed by atoms with van der Waals surface area (Å²) in [5.41, 5.74) is 0.0930. The van der Waals surface area contributed by atoms with Gasteiger partial charge < -0.3 is 19.2 Å². The molecule has 1 N–H and O–H groups in total. The van der Waals surface area contributed by atoms with E-state index in [1.54, 1.807) is 13.8 Å². The Hall–Kier alpha value is -2.05. The minimum atomic E-state index is -0.542. The standard InChI is InChI=1S/C11H16N2O5/c1-3-16-9(14)5-6-12-11-13-8(7-18-11)10(15)17-4-2/h7H,3-6H2,1-2H3,(H,12,13). The molecular weight excluding hydrogens is 240 g/mol. The summed E-state index contributed by atoms with van der Waals surface area (Å²) in [6.07, 6.45) is 1.40. The molecule has 1 aromatic heterocycles. The molecule has 18 heavy (non-hydrogen) atoms. The maximum Gasteiger partial charge on any atom is 0.360 e. The summed E-state index contributed by atoms with van der Waals surface area (Å²) in [7, 11) is 0. The van der Waals surface area contributed by atoms with Crippen molar-refractivity contribution in [1.29, 1.82) is 0 Å². The van der Waals surface area contributed by atoms with Crippen LogP contribution in [0.3, 0.4) is 0 Å². The highest BCUT2D eigenvalue weighted by molar-refractivity contribution is 5.87. The van der Waals surface area contributed by atoms with Crippen molar-refractivity contribution in [2.24, 2.45) is 0 Å². The molecule has 0 unspecified atom stereocenters. The first-order valence-electron chi connectivity index (χ1n) is 5.69. The van der Waals surface area contributed by atoms with Crippen LogP contribution in [0.4, 0.5) is 6.01 Å². The van der Waals surface area contributed by atoms with E-state index >= 15 is 0 Å². The molecule has 0 saturated carbocycles. The maximum absolute atomic E-state index is 11.3. The van der Waals surface area contributed by atoms with Crippen molar-refractivity contribution in [2.75, 3.05) is 25.1 Å². The van der Waals surface area contributed by atoms with E-state index in [-0.39, 0.29) is 30.7 Å². The zero-order chi connectivity index (χ0) is 13.4. The van der Waals surface area contributed by atoms with Gasteiger partial charge in [-0.15, -0.1) is 0 Å². The topological polar surface area (TPSA) is 90.7 Å². The predicted octanol–water partition coefficient (Wildman–Crippen LogP) is 1.22. The Kier molecular flexibility index (Phi) is 5.69. The summed E-state index contributed by atoms with van der Waals surface area (Å²) >= 11 is 0. The Labute approximate surface area is 104 Å². The normalized spacial score (nSPS) is 9.89. The fraction of sp³-hybridized carbons (Fsp3) is 0.545. The number of carbonyl (C=O) groups is 2. The smallest absolute Gasteiger partial charge is 0.360 e. The third-order valence-corrected chi connectivity index (χ3v) is 1.90. The van der Waals surface area contributed by atoms with Gasteiger partial charge in [0, 0.05) is 6.54 Å². The van der Waals surface area contributed by atoms with Crippen LogP contribution in [-0.2, 0) is 14.3 Å². The van der Waals surface area contributed by atoms with Gasteiger partial charge in [-0.2, -0.15) is 4.98 Å². The van der Waals surface area contributed by atoms with Crippen LogP contribution < -0.4 is 5.32 Å². The van der Waals surface area contributed by atoms with Crippen LogP contribution >= 0.6 is 0 Å². The highest BCUT2D eigenvalue weighted by Gasteiger charge is 2.13. The van der Waals surface area contributed by atoms with Gasteiger partial charge in [-0.05, 0) is 13.8 Å². The Morgan fingerprint density at radius 1 is 1.33 bits per heavy atom. The number of hydrogen-bond donors (Lipinski definition) is 1. The quantitative estimate of drug-likeness (QED) is 0.733. The molecule has 0 aliphatic rings. The van der Waals surface area contributed by atoms with Gasteiger partial charge in [-0.3, -0.25) is 4.79 Å². The number of carbonyl (C=O) groups excluding carboxylic acids is 2. The Morgan fingerprint density at radius 3 is 2.72 bits per heavy atom. The molecule has 0 aliphatic carbocycles. The molecule has 0 bridgehead atoms. The second-order valence-electron chi connectivity index (χ2n) is 3.24. The lowest BCUT2D eigenvalue weighted by Gasteiger charge is -2.01. The first kappa shape index (κ1) is 14.0. The number of esters is 2. The lowest BCUT2D eigenvalue weighted by Crippen LogP contribution is -2.11. The van der Waals surface area contributed by atoms with Crippen LogP contribution in [0.25, 0.3) is 0 Å². The summed E-state index contributed by atoms with van der Waals surface area (Å²) in [5, 5.41) is 2.76. The zero-order valence-electron chi connectivity index (χ0n) is 10.4. The first-order chi connectivity index (χ1) is 8.67. The van der Waals surface area contributed by atoms with Gasteiger partial charge in [0.15, 0.2) is 5.69 Å². The van der Waals surface area contributed by atoms with Gasteiger partial charge in [-0.25, -0.2) is 4.79 Å². The van der Waals surface area contributed by atoms with Crippen molar-refractivity contribution in [3.05, 3.63) is 12.0 Å². The van der Waals surface area contributed by atoms with Gasteiger partial charge in [0.05, 0.1) is 19.6 Å². The van der Waals surface area contributed by atoms with Crippen molar-refractivity contribution in [1.82, 2.24) is 4.98 Å². The van der Waals surface area contributed by atoms with Gasteiger partial charge in [0.1, 0.15) is 6.26 Å². The van der Waals surface area contributed by atoms with Crippen LogP contribution in [0.5, 0.6) is 0 Å². The van der Waals surface area contributed by atoms with Gasteiger partial charge in [0.2, 0.25) is 0 Å². The van der Waals surface area contributed by atoms with E-state index in [1.807, 2.05) is 0 Å². The van der Waals surface area contributed by atoms with Crippen molar-refractivity contribution in [2.45, 2.75) is 20.3 Å². The molecule has 0 saturated heterocycles. The molecule has 0 amide bonds. The van der Waals surface area contributed by atoms with E-state index in [9.17, 15) is 9.59 Å². The lowest BCUT2D eigenvalue weighted by atomic mass is 10.4. The van der Waals surface area contributed by atoms with Crippen molar-refractivity contribution in [3.63, 3.8) is 0 Å². The van der Waals surface area contributed by atoms with E-state index in [0.29, 0.717) is 13.2 Å². The van der Waals surface area contributed by atoms with Crippen LogP contribution in [0, 0.1) is 0 Å². The highest BCUT2D eigenvalue weighted by atomic mass is 16.5. The number of nitrogens with zero attached hydrogens (tertiary/aromatic N) is 1. The molecule has 0 aromatic carbocycles. The molecule has 0 spiro atoms. The average Bonchev–Trinajstić information content (AvgIpc) is 2.78. The summed E-state index contributed by atoms with van der Waals surface area (Å²) in [6, 6.07) is 0.169. The van der Waals surface area contributed by atoms with Crippen LogP contribution in [-0.4, -0.2) is 36.7 Å². The number of aromatic nitrogens is 1. The zero-order valence-corrected chi connectivity index (χ0v) is 10.4. The molecule has 1 aromatic rings. The van der Waals surface area contributed by atoms with Gasteiger partial charge >= 0.3 is 11.9 Å². The largest absolute Gasteiger partial charge is 0.466 e. The first-order valence-corrected chi connectivity index (χ1v) is 5.69. The van der Waals surface area contributed by atoms with E-state index < -0.39 is 5.97 Å². The molecule has 7 heteroatoms. The molecule has 100 valence electrons. The van der Waals surface area contributed by atoms with E-state index in [2.05, 4.69) is 10.3 Å². The average molecular weight is 256 g/mol. The van der Waals surface area contributed by atoms with E-state index in [4.69, 9.17) is 13.9 Å². The molecule has 0 fully saturated rings. The summed E-state index contributed by atoms with van der Waals surface area (Å²) < 4.78 is 14.5. The van der Waals surface area contributed by atoms with Crippen LogP contribution in [0.2, 0.25) is 0 Å². The van der Waals surface area contributed by atoms with E-state index in [1.165, 1.54) is 6.26 Å². The SMILES string of the molecule is CCOC(=O)CCNc1nc(C(=O)OCC)co1. The minimum absolute atomic E-state index is 0.0930. The minimum Gasteiger partial charge on any atom is -0.466 e. The highest BCUT2D eigenvalue weighted by Crippen LogP contribution is 2.08. The number of nitrogens with one attached hydrogen (secondary N) is 1.